The molecule has 0 unspecified atom stereocenters. The van der Waals surface area contributed by atoms with Gasteiger partial charge in [-0.2, -0.15) is 0 Å². The van der Waals surface area contributed by atoms with Crippen LogP contribution in [-0.4, -0.2) is 64.4 Å². The summed E-state index contributed by atoms with van der Waals surface area (Å²) in [5.74, 6) is 0. The minimum absolute atomic E-state index is 0. The summed E-state index contributed by atoms with van der Waals surface area (Å²) >= 11 is 1.24. The summed E-state index contributed by atoms with van der Waals surface area (Å²) in [6.45, 7) is 2.34. The Morgan fingerprint density at radius 3 is 1.75 bits per heavy atom. The SMILES string of the molecule is CCC(CO)(CO)C[O][Sb].[OH-].[OH-]. The molecule has 0 saturated carbocycles. The zero-order valence-corrected chi connectivity index (χ0v) is 9.53. The van der Waals surface area contributed by atoms with Crippen molar-refractivity contribution >= 4 is 23.4 Å². The fraction of sp³-hybridized carbons (Fsp3) is 1.00. The first-order valence-electron chi connectivity index (χ1n) is 3.23. The molecule has 0 aromatic heterocycles. The van der Waals surface area contributed by atoms with E-state index >= 15 is 0 Å². The van der Waals surface area contributed by atoms with E-state index in [1.54, 1.807) is 0 Å². The van der Waals surface area contributed by atoms with Gasteiger partial charge in [-0.3, -0.25) is 0 Å². The molecule has 0 amide bonds. The number of hydrogen-bond acceptors (Lipinski definition) is 5. The molecule has 6 heteroatoms. The van der Waals surface area contributed by atoms with E-state index in [-0.39, 0.29) is 24.2 Å². The van der Waals surface area contributed by atoms with Gasteiger partial charge in [0.25, 0.3) is 0 Å². The minimum atomic E-state index is -0.423. The van der Waals surface area contributed by atoms with Crippen LogP contribution in [0.2, 0.25) is 0 Å². The maximum atomic E-state index is 8.87. The molecule has 0 aromatic carbocycles. The Morgan fingerprint density at radius 2 is 1.67 bits per heavy atom. The van der Waals surface area contributed by atoms with E-state index in [1.165, 1.54) is 23.4 Å². The van der Waals surface area contributed by atoms with Gasteiger partial charge >= 0.3 is 75.3 Å². The Labute approximate surface area is 86.4 Å². The zero-order valence-electron chi connectivity index (χ0n) is 6.97. The van der Waals surface area contributed by atoms with Crippen molar-refractivity contribution < 1.29 is 24.2 Å². The summed E-state index contributed by atoms with van der Waals surface area (Å²) in [5.41, 5.74) is -0.423. The van der Waals surface area contributed by atoms with Gasteiger partial charge in [0.15, 0.2) is 0 Å². The van der Waals surface area contributed by atoms with Gasteiger partial charge in [0, 0.05) is 0 Å². The third-order valence-electron chi connectivity index (χ3n) is 1.79. The molecule has 0 aromatic rings. The fourth-order valence-corrected chi connectivity index (χ4v) is 1.39. The van der Waals surface area contributed by atoms with Crippen LogP contribution in [0.25, 0.3) is 0 Å². The number of aliphatic hydroxyl groups excluding tert-OH is 2. The molecule has 0 fully saturated rings. The summed E-state index contributed by atoms with van der Waals surface area (Å²) in [5, 5.41) is 17.7. The molecule has 0 rings (SSSR count). The van der Waals surface area contributed by atoms with E-state index in [4.69, 9.17) is 13.2 Å². The van der Waals surface area contributed by atoms with Gasteiger partial charge in [-0.25, -0.2) is 0 Å². The molecule has 4 N–H and O–H groups in total. The van der Waals surface area contributed by atoms with Crippen LogP contribution in [0, 0.1) is 5.41 Å². The molecule has 2 radical (unpaired) electrons. The standard InChI is InChI=1S/C6H13O3.2H2O.Sb/c1-2-6(3-7,4-8)5-9;;;/h7-8H,2-5H2,1H3;2*1H2;/q-1;;;+1/p-2. The van der Waals surface area contributed by atoms with E-state index in [9.17, 15) is 0 Å². The molecule has 0 atom stereocenters. The summed E-state index contributed by atoms with van der Waals surface area (Å²) in [4.78, 5) is 0. The Bertz CT molecular complexity index is 77.7. The third-order valence-corrected chi connectivity index (χ3v) is 2.16. The Morgan fingerprint density at radius 1 is 1.25 bits per heavy atom. The van der Waals surface area contributed by atoms with Crippen LogP contribution in [-0.2, 0) is 3.02 Å². The smallest absolute Gasteiger partial charge is 0.870 e. The Kier molecular flexibility index (Phi) is 14.9. The van der Waals surface area contributed by atoms with E-state index in [0.29, 0.717) is 6.61 Å². The first-order valence-corrected chi connectivity index (χ1v) is 4.27. The van der Waals surface area contributed by atoms with E-state index in [2.05, 4.69) is 0 Å². The first-order chi connectivity index (χ1) is 4.74. The Balaban J connectivity index is -0.000000405. The summed E-state index contributed by atoms with van der Waals surface area (Å²) in [6, 6.07) is 0. The van der Waals surface area contributed by atoms with Crippen molar-refractivity contribution in [3.05, 3.63) is 0 Å². The molecule has 0 heterocycles. The second-order valence-corrected chi connectivity index (χ2v) is 3.18. The third kappa shape index (κ3) is 5.30. The fourth-order valence-electron chi connectivity index (χ4n) is 0.604. The summed E-state index contributed by atoms with van der Waals surface area (Å²) in [6.07, 6.45) is 0.738. The normalized spacial score (nSPS) is 10.0. The molecular weight excluding hydrogens is 274 g/mol. The van der Waals surface area contributed by atoms with Crippen LogP contribution in [0.15, 0.2) is 0 Å². The molecule has 0 aliphatic carbocycles. The molecule has 0 bridgehead atoms. The van der Waals surface area contributed by atoms with Crippen molar-refractivity contribution in [2.24, 2.45) is 5.41 Å². The molecule has 0 spiro atoms. The monoisotopic (exact) mass is 288 g/mol. The minimum Gasteiger partial charge on any atom is -0.870 e. The van der Waals surface area contributed by atoms with Crippen LogP contribution < -0.4 is 0 Å². The second kappa shape index (κ2) is 9.70. The van der Waals surface area contributed by atoms with Gasteiger partial charge < -0.3 is 11.0 Å². The topological polar surface area (TPSA) is 110 Å². The average molecular weight is 289 g/mol. The molecule has 76 valence electrons. The first kappa shape index (κ1) is 18.4. The van der Waals surface area contributed by atoms with Gasteiger partial charge in [-0.05, 0) is 0 Å². The molecule has 0 saturated heterocycles. The number of aliphatic hydroxyl groups is 2. The number of rotatable bonds is 5. The molecule has 5 nitrogen and oxygen atoms in total. The van der Waals surface area contributed by atoms with Crippen LogP contribution in [0.5, 0.6) is 0 Å². The molecule has 12 heavy (non-hydrogen) atoms. The van der Waals surface area contributed by atoms with Crippen molar-refractivity contribution in [2.45, 2.75) is 13.3 Å². The maximum absolute atomic E-state index is 8.87. The van der Waals surface area contributed by atoms with Gasteiger partial charge in [0.2, 0.25) is 0 Å². The van der Waals surface area contributed by atoms with Crippen molar-refractivity contribution in [2.75, 3.05) is 19.8 Å². The van der Waals surface area contributed by atoms with Crippen LogP contribution in [0.1, 0.15) is 13.3 Å². The van der Waals surface area contributed by atoms with Gasteiger partial charge in [0.1, 0.15) is 0 Å². The zero-order chi connectivity index (χ0) is 8.04. The Hall–Kier alpha value is 0.618. The van der Waals surface area contributed by atoms with E-state index < -0.39 is 5.41 Å². The second-order valence-electron chi connectivity index (χ2n) is 2.44. The van der Waals surface area contributed by atoms with Crippen molar-refractivity contribution in [1.29, 1.82) is 0 Å². The maximum Gasteiger partial charge on any atom is -0.870 e. The van der Waals surface area contributed by atoms with Crippen molar-refractivity contribution in [3.63, 3.8) is 0 Å². The van der Waals surface area contributed by atoms with Gasteiger partial charge in [-0.15, -0.1) is 0 Å². The molecular formula is C6H15O5Sb-2. The predicted octanol–water partition coefficient (Wildman–Crippen LogP) is -0.886. The average Bonchev–Trinajstić information content (AvgIpc) is 2.01. The van der Waals surface area contributed by atoms with Crippen LogP contribution in [0.3, 0.4) is 0 Å². The van der Waals surface area contributed by atoms with E-state index in [0.717, 1.165) is 6.42 Å². The van der Waals surface area contributed by atoms with Gasteiger partial charge in [-0.1, -0.05) is 0 Å². The predicted molar refractivity (Wildman–Crippen MR) is 42.5 cm³/mol. The molecule has 0 aliphatic rings. The number of hydrogen-bond donors (Lipinski definition) is 2. The summed E-state index contributed by atoms with van der Waals surface area (Å²) < 4.78 is 4.91. The van der Waals surface area contributed by atoms with Crippen LogP contribution in [0.4, 0.5) is 0 Å². The van der Waals surface area contributed by atoms with Gasteiger partial charge in [0.05, 0.1) is 0 Å². The largest absolute Gasteiger partial charge is 0.870 e. The quantitative estimate of drug-likeness (QED) is 0.638. The molecule has 0 aliphatic heterocycles. The van der Waals surface area contributed by atoms with Crippen molar-refractivity contribution in [1.82, 2.24) is 0 Å². The summed E-state index contributed by atoms with van der Waals surface area (Å²) in [7, 11) is 0. The van der Waals surface area contributed by atoms with E-state index in [1.807, 2.05) is 6.92 Å². The van der Waals surface area contributed by atoms with Crippen molar-refractivity contribution in [3.8, 4) is 0 Å². The van der Waals surface area contributed by atoms with Crippen LogP contribution >= 0.6 is 0 Å².